The molecule has 0 spiro atoms. The molecule has 0 saturated heterocycles. The fourth-order valence-electron chi connectivity index (χ4n) is 2.62. The molecule has 0 amide bonds. The molecule has 0 aliphatic heterocycles. The predicted octanol–water partition coefficient (Wildman–Crippen LogP) is 4.85. The molecule has 2 aromatic rings. The molecule has 1 heterocycles. The van der Waals surface area contributed by atoms with E-state index in [1.54, 1.807) is 6.07 Å². The van der Waals surface area contributed by atoms with Gasteiger partial charge in [-0.2, -0.15) is 0 Å². The summed E-state index contributed by atoms with van der Waals surface area (Å²) in [5.74, 6) is 1.71. The molecule has 0 unspecified atom stereocenters. The zero-order valence-corrected chi connectivity index (χ0v) is 12.6. The van der Waals surface area contributed by atoms with Crippen LogP contribution >= 0.6 is 11.6 Å². The summed E-state index contributed by atoms with van der Waals surface area (Å²) < 4.78 is 19.5. The molecule has 3 rings (SSSR count). The van der Waals surface area contributed by atoms with Gasteiger partial charge in [0.1, 0.15) is 11.6 Å². The van der Waals surface area contributed by atoms with Crippen LogP contribution < -0.4 is 5.32 Å². The lowest BCUT2D eigenvalue weighted by Crippen LogP contribution is -2.19. The summed E-state index contributed by atoms with van der Waals surface area (Å²) in [5, 5.41) is 4.59. The van der Waals surface area contributed by atoms with Crippen molar-refractivity contribution in [2.75, 3.05) is 6.54 Å². The lowest BCUT2D eigenvalue weighted by atomic mass is 10.1. The van der Waals surface area contributed by atoms with E-state index < -0.39 is 0 Å². The number of nitrogens with one attached hydrogen (secondary N) is 1. The van der Waals surface area contributed by atoms with E-state index in [1.807, 2.05) is 0 Å². The van der Waals surface area contributed by atoms with Gasteiger partial charge in [0, 0.05) is 10.9 Å². The van der Waals surface area contributed by atoms with Crippen molar-refractivity contribution in [1.29, 1.82) is 0 Å². The van der Waals surface area contributed by atoms with E-state index in [0.717, 1.165) is 36.1 Å². The van der Waals surface area contributed by atoms with E-state index in [4.69, 9.17) is 16.0 Å². The minimum absolute atomic E-state index is 0.299. The monoisotopic (exact) mass is 295 g/mol. The highest BCUT2D eigenvalue weighted by Crippen LogP contribution is 2.47. The van der Waals surface area contributed by atoms with Crippen molar-refractivity contribution in [3.8, 4) is 0 Å². The van der Waals surface area contributed by atoms with Crippen LogP contribution in [-0.4, -0.2) is 6.54 Å². The van der Waals surface area contributed by atoms with Gasteiger partial charge in [-0.3, -0.25) is 0 Å². The van der Waals surface area contributed by atoms with Crippen LogP contribution in [0.3, 0.4) is 0 Å². The van der Waals surface area contributed by atoms with Crippen molar-refractivity contribution in [1.82, 2.24) is 5.32 Å². The van der Waals surface area contributed by atoms with Crippen LogP contribution in [-0.2, 0) is 6.54 Å². The van der Waals surface area contributed by atoms with Gasteiger partial charge in [-0.05, 0) is 43.4 Å². The number of benzene rings is 1. The zero-order valence-electron chi connectivity index (χ0n) is 11.8. The van der Waals surface area contributed by atoms with E-state index in [-0.39, 0.29) is 5.82 Å². The average molecular weight is 296 g/mol. The Morgan fingerprint density at radius 1 is 1.40 bits per heavy atom. The molecule has 1 N–H and O–H groups in total. The zero-order chi connectivity index (χ0) is 14.3. The van der Waals surface area contributed by atoms with Crippen molar-refractivity contribution in [3.05, 3.63) is 34.3 Å². The van der Waals surface area contributed by atoms with Crippen molar-refractivity contribution in [2.24, 2.45) is 5.92 Å². The van der Waals surface area contributed by atoms with Crippen molar-refractivity contribution in [2.45, 2.75) is 39.2 Å². The highest BCUT2D eigenvalue weighted by molar-refractivity contribution is 6.35. The molecular formula is C16H19ClFNO. The van der Waals surface area contributed by atoms with Crippen LogP contribution in [0.5, 0.6) is 0 Å². The first kappa shape index (κ1) is 13.9. The first-order valence-electron chi connectivity index (χ1n) is 7.17. The Labute approximate surface area is 123 Å². The van der Waals surface area contributed by atoms with Crippen molar-refractivity contribution >= 4 is 22.6 Å². The number of furan rings is 1. The lowest BCUT2D eigenvalue weighted by molar-refractivity contribution is 0.481. The van der Waals surface area contributed by atoms with Crippen LogP contribution in [0.1, 0.15) is 43.9 Å². The molecule has 1 aliphatic rings. The minimum Gasteiger partial charge on any atom is -0.458 e. The fourth-order valence-corrected chi connectivity index (χ4v) is 2.86. The summed E-state index contributed by atoms with van der Waals surface area (Å²) in [4.78, 5) is 0. The highest BCUT2D eigenvalue weighted by atomic mass is 35.5. The number of rotatable bonds is 5. The molecule has 0 radical (unpaired) electrons. The maximum Gasteiger partial charge on any atom is 0.153 e. The van der Waals surface area contributed by atoms with Gasteiger partial charge < -0.3 is 9.73 Å². The summed E-state index contributed by atoms with van der Waals surface area (Å²) in [6, 6.07) is 2.86. The van der Waals surface area contributed by atoms with E-state index >= 15 is 0 Å². The SMILES string of the molecule is CC(C)CNCc1oc2c(Cl)cc(F)cc2c1C1CC1. The van der Waals surface area contributed by atoms with Crippen LogP contribution in [0.15, 0.2) is 16.5 Å². The number of halogens is 2. The Morgan fingerprint density at radius 2 is 2.15 bits per heavy atom. The Bertz CT molecular complexity index is 631. The predicted molar refractivity (Wildman–Crippen MR) is 79.7 cm³/mol. The quantitative estimate of drug-likeness (QED) is 0.853. The van der Waals surface area contributed by atoms with E-state index in [1.165, 1.54) is 6.07 Å². The molecule has 1 aromatic carbocycles. The summed E-state index contributed by atoms with van der Waals surface area (Å²) in [6.07, 6.45) is 2.31. The third-order valence-corrected chi connectivity index (χ3v) is 3.93. The Hall–Kier alpha value is -1.06. The van der Waals surface area contributed by atoms with Crippen LogP contribution in [0.4, 0.5) is 4.39 Å². The summed E-state index contributed by atoms with van der Waals surface area (Å²) in [7, 11) is 0. The van der Waals surface area contributed by atoms with Gasteiger partial charge in [0.15, 0.2) is 5.58 Å². The number of hydrogen-bond acceptors (Lipinski definition) is 2. The average Bonchev–Trinajstić information content (AvgIpc) is 3.12. The number of hydrogen-bond donors (Lipinski definition) is 1. The first-order valence-corrected chi connectivity index (χ1v) is 7.55. The fraction of sp³-hybridized carbons (Fsp3) is 0.500. The lowest BCUT2D eigenvalue weighted by Gasteiger charge is -2.06. The van der Waals surface area contributed by atoms with Gasteiger partial charge in [0.05, 0.1) is 11.6 Å². The molecule has 1 saturated carbocycles. The molecule has 108 valence electrons. The van der Waals surface area contributed by atoms with Gasteiger partial charge in [0.2, 0.25) is 0 Å². The molecule has 20 heavy (non-hydrogen) atoms. The second-order valence-electron chi connectivity index (χ2n) is 6.00. The second-order valence-corrected chi connectivity index (χ2v) is 6.41. The topological polar surface area (TPSA) is 25.2 Å². The van der Waals surface area contributed by atoms with Gasteiger partial charge in [-0.25, -0.2) is 4.39 Å². The van der Waals surface area contributed by atoms with Crippen LogP contribution in [0, 0.1) is 11.7 Å². The van der Waals surface area contributed by atoms with E-state index in [0.29, 0.717) is 29.0 Å². The Kier molecular flexibility index (Phi) is 3.74. The van der Waals surface area contributed by atoms with Gasteiger partial charge in [-0.1, -0.05) is 25.4 Å². The molecule has 1 fully saturated rings. The maximum absolute atomic E-state index is 13.6. The maximum atomic E-state index is 13.6. The smallest absolute Gasteiger partial charge is 0.153 e. The van der Waals surface area contributed by atoms with Gasteiger partial charge in [0.25, 0.3) is 0 Å². The minimum atomic E-state index is -0.299. The van der Waals surface area contributed by atoms with E-state index in [2.05, 4.69) is 19.2 Å². The van der Waals surface area contributed by atoms with Gasteiger partial charge in [-0.15, -0.1) is 0 Å². The third kappa shape index (κ3) is 2.70. The Morgan fingerprint density at radius 3 is 2.80 bits per heavy atom. The van der Waals surface area contributed by atoms with Crippen molar-refractivity contribution < 1.29 is 8.81 Å². The highest BCUT2D eigenvalue weighted by Gasteiger charge is 2.31. The van der Waals surface area contributed by atoms with Crippen LogP contribution in [0.25, 0.3) is 11.0 Å². The standard InChI is InChI=1S/C16H19ClFNO/c1-9(2)7-19-8-14-15(10-3-4-10)12-5-11(18)6-13(17)16(12)20-14/h5-6,9-10,19H,3-4,7-8H2,1-2H3. The summed E-state index contributed by atoms with van der Waals surface area (Å²) in [6.45, 7) is 5.94. The van der Waals surface area contributed by atoms with Gasteiger partial charge >= 0.3 is 0 Å². The Balaban J connectivity index is 1.98. The molecule has 1 aromatic heterocycles. The van der Waals surface area contributed by atoms with E-state index in [9.17, 15) is 4.39 Å². The third-order valence-electron chi connectivity index (χ3n) is 3.65. The molecular weight excluding hydrogens is 277 g/mol. The van der Waals surface area contributed by atoms with Crippen molar-refractivity contribution in [3.63, 3.8) is 0 Å². The normalized spacial score (nSPS) is 15.4. The molecule has 4 heteroatoms. The summed E-state index contributed by atoms with van der Waals surface area (Å²) in [5.41, 5.74) is 1.77. The number of fused-ring (bicyclic) bond motifs is 1. The molecule has 2 nitrogen and oxygen atoms in total. The first-order chi connectivity index (χ1) is 9.56. The molecule has 0 atom stereocenters. The summed E-state index contributed by atoms with van der Waals surface area (Å²) >= 11 is 6.10. The molecule has 0 bridgehead atoms. The second kappa shape index (κ2) is 5.38. The van der Waals surface area contributed by atoms with Crippen LogP contribution in [0.2, 0.25) is 5.02 Å². The molecule has 1 aliphatic carbocycles. The largest absolute Gasteiger partial charge is 0.458 e.